The second-order valence-corrected chi connectivity index (χ2v) is 4.79. The van der Waals surface area contributed by atoms with E-state index in [1.54, 1.807) is 0 Å². The lowest BCUT2D eigenvalue weighted by atomic mass is 9.96. The second-order valence-electron chi connectivity index (χ2n) is 4.79. The van der Waals surface area contributed by atoms with Gasteiger partial charge in [-0.15, -0.1) is 0 Å². The molecule has 0 unspecified atom stereocenters. The summed E-state index contributed by atoms with van der Waals surface area (Å²) in [4.78, 5) is 13.7. The van der Waals surface area contributed by atoms with Crippen molar-refractivity contribution < 1.29 is 9.53 Å². The molecule has 2 heterocycles. The minimum absolute atomic E-state index is 0.0173. The Labute approximate surface area is 90.1 Å². The van der Waals surface area contributed by atoms with Gasteiger partial charge >= 0.3 is 5.97 Å². The summed E-state index contributed by atoms with van der Waals surface area (Å²) in [5.41, 5.74) is 0. The summed E-state index contributed by atoms with van der Waals surface area (Å²) in [6.07, 6.45) is 8.97. The van der Waals surface area contributed by atoms with Crippen LogP contribution in [0.1, 0.15) is 25.7 Å². The molecule has 3 nitrogen and oxygen atoms in total. The van der Waals surface area contributed by atoms with Crippen LogP contribution in [0, 0.1) is 5.92 Å². The van der Waals surface area contributed by atoms with E-state index in [2.05, 4.69) is 17.1 Å². The number of hydrogen-bond acceptors (Lipinski definition) is 3. The van der Waals surface area contributed by atoms with Gasteiger partial charge in [0.25, 0.3) is 0 Å². The molecule has 3 rings (SSSR count). The minimum atomic E-state index is -0.0173. The van der Waals surface area contributed by atoms with Crippen LogP contribution >= 0.6 is 0 Å². The van der Waals surface area contributed by atoms with Crippen molar-refractivity contribution in [3.05, 3.63) is 12.2 Å². The number of likely N-dealkylation sites (tertiary alicyclic amines) is 1. The van der Waals surface area contributed by atoms with Gasteiger partial charge in [0.05, 0.1) is 6.42 Å². The lowest BCUT2D eigenvalue weighted by molar-refractivity contribution is -0.140. The van der Waals surface area contributed by atoms with Crippen LogP contribution in [0.25, 0.3) is 0 Å². The molecule has 0 aromatic rings. The molecule has 0 bridgehead atoms. The summed E-state index contributed by atoms with van der Waals surface area (Å²) in [6, 6.07) is 0.460. The number of hydrogen-bond donors (Lipinski definition) is 0. The molecule has 0 saturated carbocycles. The highest BCUT2D eigenvalue weighted by molar-refractivity contribution is 5.73. The predicted molar refractivity (Wildman–Crippen MR) is 56.3 cm³/mol. The van der Waals surface area contributed by atoms with Crippen LogP contribution in [-0.4, -0.2) is 36.1 Å². The lowest BCUT2D eigenvalue weighted by Gasteiger charge is -2.34. The SMILES string of the molecule is O=C1C[C@H]2[C@H](N3CCCCC3)C=C[C@H]2O1. The first kappa shape index (κ1) is 9.40. The average molecular weight is 207 g/mol. The van der Waals surface area contributed by atoms with Crippen LogP contribution < -0.4 is 0 Å². The fourth-order valence-corrected chi connectivity index (χ4v) is 3.07. The summed E-state index contributed by atoms with van der Waals surface area (Å²) in [5.74, 6) is 0.381. The van der Waals surface area contributed by atoms with Gasteiger partial charge < -0.3 is 4.74 Å². The standard InChI is InChI=1S/C12H17NO2/c14-12-8-9-10(4-5-11(9)15-12)13-6-2-1-3-7-13/h4-5,9-11H,1-3,6-8H2/t9-,10+,11+/m0/s1. The Bertz CT molecular complexity index is 294. The third-order valence-corrected chi connectivity index (χ3v) is 3.84. The van der Waals surface area contributed by atoms with E-state index in [-0.39, 0.29) is 12.1 Å². The van der Waals surface area contributed by atoms with E-state index in [9.17, 15) is 4.79 Å². The summed E-state index contributed by atoms with van der Waals surface area (Å²) < 4.78 is 5.25. The third kappa shape index (κ3) is 1.59. The molecule has 1 aliphatic carbocycles. The molecule has 0 radical (unpaired) electrons. The number of carbonyl (C=O) groups is 1. The number of ether oxygens (including phenoxy) is 1. The smallest absolute Gasteiger partial charge is 0.306 e. The van der Waals surface area contributed by atoms with E-state index in [0.29, 0.717) is 18.4 Å². The third-order valence-electron chi connectivity index (χ3n) is 3.84. The molecule has 0 spiro atoms. The van der Waals surface area contributed by atoms with E-state index in [0.717, 1.165) is 0 Å². The Morgan fingerprint density at radius 2 is 2.00 bits per heavy atom. The zero-order chi connectivity index (χ0) is 10.3. The van der Waals surface area contributed by atoms with Crippen molar-refractivity contribution in [2.75, 3.05) is 13.1 Å². The van der Waals surface area contributed by atoms with E-state index in [1.807, 2.05) is 0 Å². The first-order chi connectivity index (χ1) is 7.34. The van der Waals surface area contributed by atoms with Crippen molar-refractivity contribution in [2.24, 2.45) is 5.92 Å². The fraction of sp³-hybridized carbons (Fsp3) is 0.750. The zero-order valence-corrected chi connectivity index (χ0v) is 8.89. The molecule has 0 aromatic carbocycles. The minimum Gasteiger partial charge on any atom is -0.458 e. The molecule has 2 saturated heterocycles. The van der Waals surface area contributed by atoms with Crippen LogP contribution in [0.15, 0.2) is 12.2 Å². The van der Waals surface area contributed by atoms with Crippen LogP contribution in [0.5, 0.6) is 0 Å². The Morgan fingerprint density at radius 1 is 1.20 bits per heavy atom. The number of esters is 1. The number of carbonyl (C=O) groups excluding carboxylic acids is 1. The molecule has 15 heavy (non-hydrogen) atoms. The summed E-state index contributed by atoms with van der Waals surface area (Å²) in [6.45, 7) is 2.37. The molecule has 0 N–H and O–H groups in total. The van der Waals surface area contributed by atoms with Gasteiger partial charge in [-0.3, -0.25) is 9.69 Å². The topological polar surface area (TPSA) is 29.5 Å². The molecular weight excluding hydrogens is 190 g/mol. The monoisotopic (exact) mass is 207 g/mol. The van der Waals surface area contributed by atoms with Crippen LogP contribution in [0.4, 0.5) is 0 Å². The van der Waals surface area contributed by atoms with Gasteiger partial charge in [0.1, 0.15) is 6.10 Å². The molecule has 0 amide bonds. The highest BCUT2D eigenvalue weighted by Gasteiger charge is 2.43. The van der Waals surface area contributed by atoms with Gasteiger partial charge in [0.15, 0.2) is 0 Å². The zero-order valence-electron chi connectivity index (χ0n) is 8.89. The first-order valence-electron chi connectivity index (χ1n) is 5.96. The molecule has 0 aromatic heterocycles. The Balaban J connectivity index is 1.71. The average Bonchev–Trinajstić information content (AvgIpc) is 2.77. The van der Waals surface area contributed by atoms with Gasteiger partial charge in [0.2, 0.25) is 0 Å². The van der Waals surface area contributed by atoms with Crippen LogP contribution in [0.2, 0.25) is 0 Å². The first-order valence-corrected chi connectivity index (χ1v) is 5.96. The normalized spacial score (nSPS) is 40.5. The summed E-state index contributed by atoms with van der Waals surface area (Å²) >= 11 is 0. The molecule has 2 aliphatic heterocycles. The number of fused-ring (bicyclic) bond motifs is 1. The molecule has 3 heteroatoms. The summed E-state index contributed by atoms with van der Waals surface area (Å²) in [5, 5.41) is 0. The van der Waals surface area contributed by atoms with Gasteiger partial charge in [-0.05, 0) is 32.0 Å². The highest BCUT2D eigenvalue weighted by atomic mass is 16.5. The molecule has 3 atom stereocenters. The van der Waals surface area contributed by atoms with Crippen molar-refractivity contribution in [2.45, 2.75) is 37.8 Å². The van der Waals surface area contributed by atoms with E-state index in [1.165, 1.54) is 32.4 Å². The second kappa shape index (κ2) is 3.63. The Hall–Kier alpha value is -0.830. The molecule has 3 aliphatic rings. The van der Waals surface area contributed by atoms with E-state index >= 15 is 0 Å². The molecule has 82 valence electrons. The van der Waals surface area contributed by atoms with Crippen molar-refractivity contribution >= 4 is 5.97 Å². The summed E-state index contributed by atoms with van der Waals surface area (Å²) in [7, 11) is 0. The van der Waals surface area contributed by atoms with Gasteiger partial charge in [0, 0.05) is 12.0 Å². The van der Waals surface area contributed by atoms with Crippen LogP contribution in [-0.2, 0) is 9.53 Å². The van der Waals surface area contributed by atoms with Gasteiger partial charge in [-0.25, -0.2) is 0 Å². The quantitative estimate of drug-likeness (QED) is 0.480. The van der Waals surface area contributed by atoms with Crippen LogP contribution in [0.3, 0.4) is 0 Å². The van der Waals surface area contributed by atoms with E-state index < -0.39 is 0 Å². The fourth-order valence-electron chi connectivity index (χ4n) is 3.07. The van der Waals surface area contributed by atoms with Crippen molar-refractivity contribution in [3.8, 4) is 0 Å². The largest absolute Gasteiger partial charge is 0.458 e. The van der Waals surface area contributed by atoms with E-state index in [4.69, 9.17) is 4.74 Å². The Kier molecular flexibility index (Phi) is 2.28. The Morgan fingerprint density at radius 3 is 2.80 bits per heavy atom. The predicted octanol–water partition coefficient (Wildman–Crippen LogP) is 1.34. The number of rotatable bonds is 1. The maximum Gasteiger partial charge on any atom is 0.306 e. The maximum atomic E-state index is 11.2. The number of piperidine rings is 1. The van der Waals surface area contributed by atoms with Crippen molar-refractivity contribution in [1.29, 1.82) is 0 Å². The lowest BCUT2D eigenvalue weighted by Crippen LogP contribution is -2.42. The molecular formula is C12H17NO2. The molecule has 2 fully saturated rings. The van der Waals surface area contributed by atoms with Crippen molar-refractivity contribution in [3.63, 3.8) is 0 Å². The number of nitrogens with zero attached hydrogens (tertiary/aromatic N) is 1. The maximum absolute atomic E-state index is 11.2. The van der Waals surface area contributed by atoms with Gasteiger partial charge in [-0.2, -0.15) is 0 Å². The van der Waals surface area contributed by atoms with Gasteiger partial charge in [-0.1, -0.05) is 12.5 Å². The van der Waals surface area contributed by atoms with Crippen molar-refractivity contribution in [1.82, 2.24) is 4.90 Å². The highest BCUT2D eigenvalue weighted by Crippen LogP contribution is 2.35.